The Morgan fingerprint density at radius 2 is 2.21 bits per heavy atom. The molecule has 0 bridgehead atoms. The van der Waals surface area contributed by atoms with Gasteiger partial charge in [-0.05, 0) is 56.6 Å². The van der Waals surface area contributed by atoms with E-state index in [1.807, 2.05) is 6.07 Å². The molecule has 3 nitrogen and oxygen atoms in total. The number of hydrogen-bond acceptors (Lipinski definition) is 3. The molecule has 1 aromatic rings. The molecule has 0 aromatic heterocycles. The number of rotatable bonds is 4. The Morgan fingerprint density at radius 3 is 2.79 bits per heavy atom. The van der Waals surface area contributed by atoms with Crippen molar-refractivity contribution in [3.05, 3.63) is 29.3 Å². The van der Waals surface area contributed by atoms with E-state index in [-0.39, 0.29) is 0 Å². The van der Waals surface area contributed by atoms with Gasteiger partial charge in [-0.1, -0.05) is 12.5 Å². The van der Waals surface area contributed by atoms with Gasteiger partial charge in [-0.25, -0.2) is 0 Å². The highest BCUT2D eigenvalue weighted by Crippen LogP contribution is 2.32. The minimum atomic E-state index is 0.427. The third-order valence-corrected chi connectivity index (χ3v) is 4.42. The van der Waals surface area contributed by atoms with Crippen molar-refractivity contribution in [3.63, 3.8) is 0 Å². The molecule has 1 fully saturated rings. The SMILES string of the molecule is COc1ccc(C(CN)C2CCCCN2C)c(C)c1. The Hall–Kier alpha value is -1.06. The smallest absolute Gasteiger partial charge is 0.119 e. The van der Waals surface area contributed by atoms with Crippen molar-refractivity contribution in [2.75, 3.05) is 27.2 Å². The maximum atomic E-state index is 6.08. The molecular formula is C16H26N2O. The van der Waals surface area contributed by atoms with E-state index in [1.165, 1.54) is 36.9 Å². The van der Waals surface area contributed by atoms with Crippen LogP contribution < -0.4 is 10.5 Å². The van der Waals surface area contributed by atoms with Gasteiger partial charge in [-0.2, -0.15) is 0 Å². The molecule has 3 heteroatoms. The molecule has 2 unspecified atom stereocenters. The van der Waals surface area contributed by atoms with Crippen molar-refractivity contribution >= 4 is 0 Å². The number of methoxy groups -OCH3 is 1. The summed E-state index contributed by atoms with van der Waals surface area (Å²) in [4.78, 5) is 2.48. The number of likely N-dealkylation sites (N-methyl/N-ethyl adjacent to an activating group) is 1. The van der Waals surface area contributed by atoms with Crippen LogP contribution in [0.15, 0.2) is 18.2 Å². The number of nitrogens with zero attached hydrogens (tertiary/aromatic N) is 1. The van der Waals surface area contributed by atoms with Gasteiger partial charge in [0.25, 0.3) is 0 Å². The van der Waals surface area contributed by atoms with E-state index in [2.05, 4.69) is 31.0 Å². The first-order chi connectivity index (χ1) is 9.17. The lowest BCUT2D eigenvalue weighted by molar-refractivity contribution is 0.160. The average Bonchev–Trinajstić information content (AvgIpc) is 2.43. The van der Waals surface area contributed by atoms with Crippen molar-refractivity contribution in [2.45, 2.75) is 38.1 Å². The zero-order valence-corrected chi connectivity index (χ0v) is 12.4. The number of benzene rings is 1. The van der Waals surface area contributed by atoms with Crippen molar-refractivity contribution in [3.8, 4) is 5.75 Å². The zero-order valence-electron chi connectivity index (χ0n) is 12.4. The van der Waals surface area contributed by atoms with Gasteiger partial charge in [-0.15, -0.1) is 0 Å². The lowest BCUT2D eigenvalue weighted by Crippen LogP contribution is -2.43. The van der Waals surface area contributed by atoms with Gasteiger partial charge in [0, 0.05) is 18.5 Å². The first-order valence-corrected chi connectivity index (χ1v) is 7.22. The van der Waals surface area contributed by atoms with Crippen LogP contribution >= 0.6 is 0 Å². The maximum Gasteiger partial charge on any atom is 0.119 e. The highest BCUT2D eigenvalue weighted by molar-refractivity contribution is 5.38. The summed E-state index contributed by atoms with van der Waals surface area (Å²) >= 11 is 0. The van der Waals surface area contributed by atoms with Gasteiger partial charge in [0.2, 0.25) is 0 Å². The molecule has 0 radical (unpaired) electrons. The van der Waals surface area contributed by atoms with E-state index in [0.29, 0.717) is 18.5 Å². The van der Waals surface area contributed by atoms with Crippen LogP contribution in [0.25, 0.3) is 0 Å². The molecule has 1 aliphatic rings. The average molecular weight is 262 g/mol. The van der Waals surface area contributed by atoms with Gasteiger partial charge in [0.15, 0.2) is 0 Å². The van der Waals surface area contributed by atoms with E-state index >= 15 is 0 Å². The summed E-state index contributed by atoms with van der Waals surface area (Å²) in [6.07, 6.45) is 3.89. The summed E-state index contributed by atoms with van der Waals surface area (Å²) in [6, 6.07) is 6.92. The predicted octanol–water partition coefficient (Wildman–Crippen LogP) is 2.53. The zero-order chi connectivity index (χ0) is 13.8. The number of nitrogens with two attached hydrogens (primary N) is 1. The highest BCUT2D eigenvalue weighted by atomic mass is 16.5. The van der Waals surface area contributed by atoms with Crippen LogP contribution in [0.3, 0.4) is 0 Å². The summed E-state index contributed by atoms with van der Waals surface area (Å²) in [6.45, 7) is 4.06. The summed E-state index contributed by atoms with van der Waals surface area (Å²) in [5.41, 5.74) is 8.74. The topological polar surface area (TPSA) is 38.5 Å². The number of aryl methyl sites for hydroxylation is 1. The van der Waals surface area contributed by atoms with E-state index < -0.39 is 0 Å². The Kier molecular flexibility index (Phi) is 4.83. The van der Waals surface area contributed by atoms with E-state index in [0.717, 1.165) is 5.75 Å². The minimum absolute atomic E-state index is 0.427. The normalized spacial score (nSPS) is 22.2. The molecule has 2 atom stereocenters. The van der Waals surface area contributed by atoms with E-state index in [4.69, 9.17) is 10.5 Å². The molecule has 1 aromatic carbocycles. The molecule has 1 aliphatic heterocycles. The van der Waals surface area contributed by atoms with Crippen LogP contribution in [0.4, 0.5) is 0 Å². The van der Waals surface area contributed by atoms with Gasteiger partial charge in [0.05, 0.1) is 7.11 Å². The fourth-order valence-electron chi connectivity index (χ4n) is 3.29. The van der Waals surface area contributed by atoms with Gasteiger partial charge < -0.3 is 15.4 Å². The minimum Gasteiger partial charge on any atom is -0.497 e. The quantitative estimate of drug-likeness (QED) is 0.906. The van der Waals surface area contributed by atoms with Crippen LogP contribution in [0.1, 0.15) is 36.3 Å². The highest BCUT2D eigenvalue weighted by Gasteiger charge is 2.28. The largest absolute Gasteiger partial charge is 0.497 e. The second-order valence-corrected chi connectivity index (χ2v) is 5.61. The van der Waals surface area contributed by atoms with Crippen molar-refractivity contribution in [1.82, 2.24) is 4.90 Å². The first-order valence-electron chi connectivity index (χ1n) is 7.22. The molecule has 0 saturated carbocycles. The lowest BCUT2D eigenvalue weighted by atomic mass is 9.83. The Labute approximate surface area is 116 Å². The van der Waals surface area contributed by atoms with E-state index in [9.17, 15) is 0 Å². The van der Waals surface area contributed by atoms with Gasteiger partial charge in [0.1, 0.15) is 5.75 Å². The fraction of sp³-hybridized carbons (Fsp3) is 0.625. The monoisotopic (exact) mass is 262 g/mol. The summed E-state index contributed by atoms with van der Waals surface area (Å²) in [7, 11) is 3.94. The molecule has 1 heterocycles. The molecule has 19 heavy (non-hydrogen) atoms. The van der Waals surface area contributed by atoms with Crippen LogP contribution in [0, 0.1) is 6.92 Å². The van der Waals surface area contributed by atoms with E-state index in [1.54, 1.807) is 7.11 Å². The molecular weight excluding hydrogens is 236 g/mol. The summed E-state index contributed by atoms with van der Waals surface area (Å²) < 4.78 is 5.29. The number of likely N-dealkylation sites (tertiary alicyclic amines) is 1. The van der Waals surface area contributed by atoms with Gasteiger partial charge in [-0.3, -0.25) is 0 Å². The van der Waals surface area contributed by atoms with Crippen LogP contribution in [0.2, 0.25) is 0 Å². The fourth-order valence-corrected chi connectivity index (χ4v) is 3.29. The Balaban J connectivity index is 2.25. The molecule has 2 rings (SSSR count). The summed E-state index contributed by atoms with van der Waals surface area (Å²) in [5.74, 6) is 1.35. The molecule has 1 saturated heterocycles. The molecule has 0 aliphatic carbocycles. The maximum absolute atomic E-state index is 6.08. The second-order valence-electron chi connectivity index (χ2n) is 5.61. The van der Waals surface area contributed by atoms with Crippen LogP contribution in [-0.2, 0) is 0 Å². The molecule has 0 spiro atoms. The third-order valence-electron chi connectivity index (χ3n) is 4.42. The Bertz CT molecular complexity index is 419. The first kappa shape index (κ1) is 14.4. The number of ether oxygens (including phenoxy) is 1. The third kappa shape index (κ3) is 3.10. The molecule has 2 N–H and O–H groups in total. The van der Waals surface area contributed by atoms with Crippen LogP contribution in [-0.4, -0.2) is 38.2 Å². The van der Waals surface area contributed by atoms with Gasteiger partial charge >= 0.3 is 0 Å². The predicted molar refractivity (Wildman–Crippen MR) is 79.8 cm³/mol. The number of piperidine rings is 1. The lowest BCUT2D eigenvalue weighted by Gasteiger charge is -2.38. The number of hydrogen-bond donors (Lipinski definition) is 1. The van der Waals surface area contributed by atoms with Crippen molar-refractivity contribution in [2.24, 2.45) is 5.73 Å². The van der Waals surface area contributed by atoms with Crippen LogP contribution in [0.5, 0.6) is 5.75 Å². The Morgan fingerprint density at radius 1 is 1.42 bits per heavy atom. The summed E-state index contributed by atoms with van der Waals surface area (Å²) in [5, 5.41) is 0. The molecule has 106 valence electrons. The second kappa shape index (κ2) is 6.40. The van der Waals surface area contributed by atoms with Crippen molar-refractivity contribution in [1.29, 1.82) is 0 Å². The molecule has 0 amide bonds. The standard InChI is InChI=1S/C16H26N2O/c1-12-10-13(19-3)7-8-14(12)15(11-17)16-6-4-5-9-18(16)2/h7-8,10,15-16H,4-6,9,11,17H2,1-3H3. The van der Waals surface area contributed by atoms with Crippen molar-refractivity contribution < 1.29 is 4.74 Å².